The van der Waals surface area contributed by atoms with E-state index in [1.807, 2.05) is 4.90 Å². The summed E-state index contributed by atoms with van der Waals surface area (Å²) in [5, 5.41) is 8.74. The average Bonchev–Trinajstić information content (AvgIpc) is 3.23. The van der Waals surface area contributed by atoms with Crippen LogP contribution in [0, 0.1) is 23.5 Å². The van der Waals surface area contributed by atoms with Crippen LogP contribution in [0.25, 0.3) is 22.4 Å². The average molecular weight is 794 g/mol. The molecule has 1 unspecified atom stereocenters. The molecule has 2 aromatic heterocycles. The van der Waals surface area contributed by atoms with Gasteiger partial charge < -0.3 is 25.4 Å². The number of imide groups is 1. The van der Waals surface area contributed by atoms with Crippen LogP contribution in [-0.2, 0) is 14.4 Å². The third-order valence-corrected chi connectivity index (χ3v) is 12.1. The summed E-state index contributed by atoms with van der Waals surface area (Å²) in [5.41, 5.74) is 2.70. The number of amides is 3. The highest BCUT2D eigenvalue weighted by atomic mass is 19.1. The minimum absolute atomic E-state index is 0.0230. The number of carbonyl (C=O) groups is 3. The van der Waals surface area contributed by atoms with Crippen molar-refractivity contribution in [3.8, 4) is 22.4 Å². The molecular weight excluding hydrogens is 745 g/mol. The molecule has 0 bridgehead atoms. The Morgan fingerprint density at radius 3 is 2.33 bits per heavy atom. The highest BCUT2D eigenvalue weighted by Gasteiger charge is 2.33. The Kier molecular flexibility index (Phi) is 11.8. The Morgan fingerprint density at radius 1 is 0.810 bits per heavy atom. The molecular formula is C43H49F2N9O4. The molecule has 3 saturated heterocycles. The first-order valence-electron chi connectivity index (χ1n) is 20.4. The Morgan fingerprint density at radius 2 is 1.59 bits per heavy atom. The van der Waals surface area contributed by atoms with E-state index in [0.717, 1.165) is 71.2 Å². The number of H-pyrrole nitrogens is 1. The van der Waals surface area contributed by atoms with E-state index in [1.165, 1.54) is 12.3 Å². The fourth-order valence-corrected chi connectivity index (χ4v) is 8.81. The van der Waals surface area contributed by atoms with E-state index >= 15 is 4.39 Å². The van der Waals surface area contributed by atoms with Gasteiger partial charge in [-0.15, -0.1) is 0 Å². The molecule has 8 rings (SSSR count). The zero-order chi connectivity index (χ0) is 40.2. The maximum absolute atomic E-state index is 15.2. The lowest BCUT2D eigenvalue weighted by molar-refractivity contribution is -0.138. The van der Waals surface area contributed by atoms with E-state index in [0.29, 0.717) is 59.4 Å². The third-order valence-electron chi connectivity index (χ3n) is 12.1. The molecule has 58 heavy (non-hydrogen) atoms. The lowest BCUT2D eigenvalue weighted by atomic mass is 9.85. The van der Waals surface area contributed by atoms with Gasteiger partial charge in [-0.1, -0.05) is 18.2 Å². The van der Waals surface area contributed by atoms with Crippen molar-refractivity contribution in [1.29, 1.82) is 0 Å². The van der Waals surface area contributed by atoms with Crippen LogP contribution in [0.15, 0.2) is 71.8 Å². The zero-order valence-corrected chi connectivity index (χ0v) is 32.4. The van der Waals surface area contributed by atoms with Gasteiger partial charge in [-0.3, -0.25) is 29.4 Å². The summed E-state index contributed by atoms with van der Waals surface area (Å²) in [7, 11) is 0. The van der Waals surface area contributed by atoms with E-state index in [2.05, 4.69) is 40.7 Å². The van der Waals surface area contributed by atoms with E-state index in [-0.39, 0.29) is 53.2 Å². The molecule has 1 aliphatic carbocycles. The molecule has 4 aromatic rings. The number of hydrogen-bond acceptors (Lipinski definition) is 10. The van der Waals surface area contributed by atoms with E-state index in [4.69, 9.17) is 0 Å². The molecule has 13 nitrogen and oxygen atoms in total. The summed E-state index contributed by atoms with van der Waals surface area (Å²) in [6, 6.07) is 15.0. The molecule has 3 amide bonds. The minimum atomic E-state index is -0.559. The van der Waals surface area contributed by atoms with Crippen molar-refractivity contribution < 1.29 is 23.2 Å². The van der Waals surface area contributed by atoms with Gasteiger partial charge in [0.15, 0.2) is 5.82 Å². The molecule has 4 fully saturated rings. The second-order valence-corrected chi connectivity index (χ2v) is 15.9. The number of nitrogens with one attached hydrogen (secondary N) is 4. The molecule has 3 aliphatic heterocycles. The molecule has 304 valence electrons. The number of piperidine rings is 2. The van der Waals surface area contributed by atoms with Crippen molar-refractivity contribution in [2.45, 2.75) is 63.5 Å². The van der Waals surface area contributed by atoms with Gasteiger partial charge in [0.05, 0.1) is 11.9 Å². The van der Waals surface area contributed by atoms with Crippen molar-refractivity contribution in [1.82, 2.24) is 30.1 Å². The first-order chi connectivity index (χ1) is 28.2. The normalized spacial score (nSPS) is 22.1. The van der Waals surface area contributed by atoms with Crippen LogP contribution in [0.3, 0.4) is 0 Å². The van der Waals surface area contributed by atoms with Crippen molar-refractivity contribution in [3.63, 3.8) is 0 Å². The van der Waals surface area contributed by atoms with Crippen LogP contribution in [0.5, 0.6) is 0 Å². The highest BCUT2D eigenvalue weighted by molar-refractivity contribution is 6.01. The molecule has 1 atom stereocenters. The number of anilines is 3. The first kappa shape index (κ1) is 39.1. The largest absolute Gasteiger partial charge is 0.374 e. The van der Waals surface area contributed by atoms with Crippen molar-refractivity contribution >= 4 is 35.0 Å². The molecule has 0 radical (unpaired) electrons. The summed E-state index contributed by atoms with van der Waals surface area (Å²) in [6.07, 6.45) is 8.38. The fraction of sp³-hybridized carbons (Fsp3) is 0.442. The highest BCUT2D eigenvalue weighted by Crippen LogP contribution is 2.32. The predicted octanol–water partition coefficient (Wildman–Crippen LogP) is 5.03. The topological polar surface area (TPSA) is 156 Å². The van der Waals surface area contributed by atoms with Crippen LogP contribution < -0.4 is 26.4 Å². The maximum Gasteiger partial charge on any atom is 0.255 e. The van der Waals surface area contributed by atoms with Gasteiger partial charge >= 0.3 is 0 Å². The van der Waals surface area contributed by atoms with E-state index < -0.39 is 11.9 Å². The number of piperazine rings is 1. The van der Waals surface area contributed by atoms with E-state index in [1.54, 1.807) is 54.7 Å². The number of aromatic nitrogens is 3. The number of nitrogens with zero attached hydrogens (tertiary/aromatic N) is 5. The second kappa shape index (κ2) is 17.4. The standard InChI is InChI=1S/C43H49F2N9O4/c44-34-24-32(48-36-11-13-38(55)50-41(36)57)10-12-37(34)53-17-14-27(15-18-53)26-52-19-21-54(22-20-52)42(58)28-6-8-31(9-7-28)49-43-47-25-35(45)39(51-43)30-4-1-3-29(23-30)33-5-2-16-46-40(33)56/h1-5,10,12,16,23-25,27-28,31,36,48H,6-9,11,13-15,17-22,26H2,(H,46,56)(H,47,49,51)(H,50,55,57). The second-order valence-electron chi connectivity index (χ2n) is 15.9. The Bertz CT molecular complexity index is 2190. The molecule has 2 aromatic carbocycles. The van der Waals surface area contributed by atoms with Gasteiger partial charge in [-0.05, 0) is 92.8 Å². The zero-order valence-electron chi connectivity index (χ0n) is 32.4. The lowest BCUT2D eigenvalue weighted by Crippen LogP contribution is -2.52. The van der Waals surface area contributed by atoms with Gasteiger partial charge in [0, 0.05) is 87.2 Å². The first-order valence-corrected chi connectivity index (χ1v) is 20.4. The third kappa shape index (κ3) is 9.04. The SMILES string of the molecule is O=C1CCC(Nc2ccc(N3CCC(CN4CCN(C(=O)C5CCC(Nc6ncc(F)c(-c7cccc(-c8ccc[nH]c8=O)c7)n6)CC5)CC4)CC3)c(F)c2)C(=O)N1. The van der Waals surface area contributed by atoms with Crippen molar-refractivity contribution in [2.75, 3.05) is 61.3 Å². The number of rotatable bonds is 10. The number of aromatic amines is 1. The Balaban J connectivity index is 0.761. The quantitative estimate of drug-likeness (QED) is 0.161. The minimum Gasteiger partial charge on any atom is -0.374 e. The smallest absolute Gasteiger partial charge is 0.255 e. The molecule has 15 heteroatoms. The number of hydrogen-bond donors (Lipinski definition) is 4. The summed E-state index contributed by atoms with van der Waals surface area (Å²) in [4.78, 5) is 67.4. The predicted molar refractivity (Wildman–Crippen MR) is 217 cm³/mol. The summed E-state index contributed by atoms with van der Waals surface area (Å²) >= 11 is 0. The Labute approximate surface area is 335 Å². The van der Waals surface area contributed by atoms with Crippen LogP contribution in [0.2, 0.25) is 0 Å². The van der Waals surface area contributed by atoms with Gasteiger partial charge in [-0.2, -0.15) is 0 Å². The summed E-state index contributed by atoms with van der Waals surface area (Å²) in [6.45, 7) is 5.60. The molecule has 4 aliphatic rings. The van der Waals surface area contributed by atoms with Crippen LogP contribution in [-0.4, -0.2) is 100 Å². The number of halogens is 2. The molecule has 0 spiro atoms. The monoisotopic (exact) mass is 793 g/mol. The molecule has 4 N–H and O–H groups in total. The fourth-order valence-electron chi connectivity index (χ4n) is 8.81. The summed E-state index contributed by atoms with van der Waals surface area (Å²) < 4.78 is 30.2. The van der Waals surface area contributed by atoms with Crippen molar-refractivity contribution in [2.24, 2.45) is 11.8 Å². The van der Waals surface area contributed by atoms with Crippen LogP contribution in [0.1, 0.15) is 51.4 Å². The van der Waals surface area contributed by atoms with Crippen LogP contribution >= 0.6 is 0 Å². The van der Waals surface area contributed by atoms with Crippen molar-refractivity contribution in [3.05, 3.63) is 89.0 Å². The molecule has 5 heterocycles. The van der Waals surface area contributed by atoms with Crippen LogP contribution in [0.4, 0.5) is 26.1 Å². The maximum atomic E-state index is 15.2. The molecule has 1 saturated carbocycles. The van der Waals surface area contributed by atoms with E-state index in [9.17, 15) is 23.6 Å². The van der Waals surface area contributed by atoms with Gasteiger partial charge in [0.25, 0.3) is 5.56 Å². The number of benzene rings is 2. The number of pyridine rings is 1. The van der Waals surface area contributed by atoms with Gasteiger partial charge in [0.1, 0.15) is 17.6 Å². The number of carbonyl (C=O) groups excluding carboxylic acids is 3. The van der Waals surface area contributed by atoms with Gasteiger partial charge in [-0.25, -0.2) is 18.7 Å². The lowest BCUT2D eigenvalue weighted by Gasteiger charge is -2.40. The van der Waals surface area contributed by atoms with Gasteiger partial charge in [0.2, 0.25) is 23.7 Å². The summed E-state index contributed by atoms with van der Waals surface area (Å²) in [5.74, 6) is -0.518. The Hall–Kier alpha value is -5.70.